The molecule has 0 fully saturated rings. The predicted octanol–water partition coefficient (Wildman–Crippen LogP) is 2.97. The fourth-order valence-electron chi connectivity index (χ4n) is 2.87. The Morgan fingerprint density at radius 1 is 1.14 bits per heavy atom. The van der Waals surface area contributed by atoms with E-state index in [1.165, 1.54) is 17.0 Å². The largest absolute Gasteiger partial charge is 0.573 e. The highest BCUT2D eigenvalue weighted by atomic mass is 19.4. The van der Waals surface area contributed by atoms with Crippen molar-refractivity contribution in [2.24, 2.45) is 0 Å². The molecule has 0 atom stereocenters. The molecule has 0 spiro atoms. The molecule has 5 nitrogen and oxygen atoms in total. The molecule has 0 saturated carbocycles. The molecule has 0 aliphatic heterocycles. The molecule has 2 N–H and O–H groups in total. The maximum atomic E-state index is 12.5. The normalized spacial score (nSPS) is 11.8. The lowest BCUT2D eigenvalue weighted by atomic mass is 10.1. The molecule has 0 saturated heterocycles. The van der Waals surface area contributed by atoms with Gasteiger partial charge in [0.05, 0.1) is 26.2 Å². The van der Waals surface area contributed by atoms with Crippen molar-refractivity contribution in [3.05, 3.63) is 59.8 Å². The number of likely N-dealkylation sites (N-methyl/N-ethyl adjacent to an activating group) is 1. The van der Waals surface area contributed by atoms with E-state index in [1.807, 2.05) is 26.4 Å². The van der Waals surface area contributed by atoms with Gasteiger partial charge < -0.3 is 19.4 Å². The number of carbonyl (C=O) groups excluding carboxylic acids is 1. The first-order valence-corrected chi connectivity index (χ1v) is 8.69. The number of ether oxygens (including phenoxy) is 2. The van der Waals surface area contributed by atoms with Gasteiger partial charge in [0.2, 0.25) is 0 Å². The Morgan fingerprint density at radius 2 is 1.89 bits per heavy atom. The Bertz CT molecular complexity index is 980. The minimum atomic E-state index is -4.83. The third-order valence-electron chi connectivity index (χ3n) is 4.15. The summed E-state index contributed by atoms with van der Waals surface area (Å²) < 4.78 is 46.5. The van der Waals surface area contributed by atoms with Crippen LogP contribution in [0.5, 0.6) is 11.5 Å². The number of aromatic nitrogens is 1. The van der Waals surface area contributed by atoms with Crippen molar-refractivity contribution in [3.8, 4) is 11.5 Å². The van der Waals surface area contributed by atoms with E-state index < -0.39 is 18.1 Å². The van der Waals surface area contributed by atoms with Crippen LogP contribution in [0.25, 0.3) is 10.9 Å². The van der Waals surface area contributed by atoms with Crippen LogP contribution in [0.4, 0.5) is 13.2 Å². The van der Waals surface area contributed by atoms with Crippen LogP contribution in [0, 0.1) is 0 Å². The van der Waals surface area contributed by atoms with Crippen LogP contribution in [0.3, 0.4) is 0 Å². The number of alkyl halides is 3. The van der Waals surface area contributed by atoms with Crippen LogP contribution in [0.1, 0.15) is 15.9 Å². The summed E-state index contributed by atoms with van der Waals surface area (Å²) in [5.74, 6) is -0.878. The van der Waals surface area contributed by atoms with Gasteiger partial charge in [-0.05, 0) is 35.9 Å². The van der Waals surface area contributed by atoms with Crippen molar-refractivity contribution in [1.29, 1.82) is 0 Å². The summed E-state index contributed by atoms with van der Waals surface area (Å²) in [5, 5.41) is 0.791. The molecule has 0 amide bonds. The standard InChI is InChI=1S/C20H19F3N2O3/c1-25(2)10-9-14-12-24-16-7-4-8-17(18(14)16)27-19(26)13-5-3-6-15(11-13)28-20(21,22)23/h3-8,11-12,24H,9-10H2,1-2H3/p+1. The zero-order valence-corrected chi connectivity index (χ0v) is 15.4. The number of nitrogens with one attached hydrogen (secondary N) is 2. The molecule has 3 rings (SSSR count). The summed E-state index contributed by atoms with van der Waals surface area (Å²) in [7, 11) is 4.09. The number of fused-ring (bicyclic) bond motifs is 1. The monoisotopic (exact) mass is 393 g/mol. The average molecular weight is 393 g/mol. The molecule has 0 unspecified atom stereocenters. The number of rotatable bonds is 6. The summed E-state index contributed by atoms with van der Waals surface area (Å²) in [6.07, 6.45) is -2.17. The molecule has 1 heterocycles. The summed E-state index contributed by atoms with van der Waals surface area (Å²) in [4.78, 5) is 16.9. The van der Waals surface area contributed by atoms with E-state index in [9.17, 15) is 18.0 Å². The molecular formula is C20H20F3N2O3+. The maximum absolute atomic E-state index is 12.5. The zero-order chi connectivity index (χ0) is 20.3. The van der Waals surface area contributed by atoms with Gasteiger partial charge in [0.1, 0.15) is 11.5 Å². The number of hydrogen-bond donors (Lipinski definition) is 2. The molecule has 0 aliphatic carbocycles. The number of halogens is 3. The van der Waals surface area contributed by atoms with Crippen LogP contribution in [0.2, 0.25) is 0 Å². The van der Waals surface area contributed by atoms with Crippen molar-refractivity contribution in [3.63, 3.8) is 0 Å². The third-order valence-corrected chi connectivity index (χ3v) is 4.15. The molecule has 148 valence electrons. The summed E-state index contributed by atoms with van der Waals surface area (Å²) in [6, 6.07) is 10.1. The molecular weight excluding hydrogens is 373 g/mol. The molecule has 8 heteroatoms. The second kappa shape index (κ2) is 7.93. The van der Waals surface area contributed by atoms with E-state index in [-0.39, 0.29) is 5.56 Å². The van der Waals surface area contributed by atoms with Gasteiger partial charge in [0.15, 0.2) is 0 Å². The van der Waals surface area contributed by atoms with Crippen LogP contribution in [0.15, 0.2) is 48.7 Å². The van der Waals surface area contributed by atoms with E-state index in [0.29, 0.717) is 5.75 Å². The van der Waals surface area contributed by atoms with Crippen molar-refractivity contribution in [2.75, 3.05) is 20.6 Å². The van der Waals surface area contributed by atoms with Gasteiger partial charge in [-0.1, -0.05) is 12.1 Å². The van der Waals surface area contributed by atoms with Gasteiger partial charge >= 0.3 is 12.3 Å². The van der Waals surface area contributed by atoms with E-state index in [1.54, 1.807) is 12.1 Å². The van der Waals surface area contributed by atoms with E-state index >= 15 is 0 Å². The van der Waals surface area contributed by atoms with Crippen LogP contribution < -0.4 is 14.4 Å². The van der Waals surface area contributed by atoms with Crippen LogP contribution >= 0.6 is 0 Å². The molecule has 0 bridgehead atoms. The average Bonchev–Trinajstić information content (AvgIpc) is 3.03. The number of quaternary nitrogens is 1. The quantitative estimate of drug-likeness (QED) is 0.500. The van der Waals surface area contributed by atoms with Gasteiger partial charge in [-0.25, -0.2) is 4.79 Å². The Hall–Kier alpha value is -3.00. The lowest BCUT2D eigenvalue weighted by Crippen LogP contribution is -3.05. The number of carbonyl (C=O) groups is 1. The van der Waals surface area contributed by atoms with Gasteiger partial charge in [-0.3, -0.25) is 0 Å². The topological polar surface area (TPSA) is 55.8 Å². The van der Waals surface area contributed by atoms with E-state index in [4.69, 9.17) is 4.74 Å². The minimum absolute atomic E-state index is 0.0337. The van der Waals surface area contributed by atoms with Crippen LogP contribution in [-0.2, 0) is 6.42 Å². The van der Waals surface area contributed by atoms with Crippen LogP contribution in [-0.4, -0.2) is 38.0 Å². The first-order valence-electron chi connectivity index (χ1n) is 8.69. The third kappa shape index (κ3) is 4.83. The Kier molecular flexibility index (Phi) is 5.60. The zero-order valence-electron chi connectivity index (χ0n) is 15.4. The predicted molar refractivity (Wildman–Crippen MR) is 97.8 cm³/mol. The van der Waals surface area contributed by atoms with Crippen molar-refractivity contribution < 1.29 is 32.3 Å². The summed E-state index contributed by atoms with van der Waals surface area (Å²) in [6.45, 7) is 0.895. The smallest absolute Gasteiger partial charge is 0.422 e. The van der Waals surface area contributed by atoms with Crippen molar-refractivity contribution in [1.82, 2.24) is 4.98 Å². The first kappa shape index (κ1) is 19.8. The van der Waals surface area contributed by atoms with Gasteiger partial charge in [0, 0.05) is 23.5 Å². The summed E-state index contributed by atoms with van der Waals surface area (Å²) >= 11 is 0. The Morgan fingerprint density at radius 3 is 2.61 bits per heavy atom. The van der Waals surface area contributed by atoms with Crippen molar-refractivity contribution >= 4 is 16.9 Å². The maximum Gasteiger partial charge on any atom is 0.573 e. The molecule has 0 aliphatic rings. The minimum Gasteiger partial charge on any atom is -0.422 e. The number of hydrogen-bond acceptors (Lipinski definition) is 3. The lowest BCUT2D eigenvalue weighted by molar-refractivity contribution is -0.858. The number of esters is 1. The highest BCUT2D eigenvalue weighted by Gasteiger charge is 2.31. The lowest BCUT2D eigenvalue weighted by Gasteiger charge is -2.11. The Labute approximate surface area is 159 Å². The SMILES string of the molecule is C[NH+](C)CCc1c[nH]c2cccc(OC(=O)c3cccc(OC(F)(F)F)c3)c12. The fourth-order valence-corrected chi connectivity index (χ4v) is 2.87. The molecule has 28 heavy (non-hydrogen) atoms. The highest BCUT2D eigenvalue weighted by Crippen LogP contribution is 2.30. The highest BCUT2D eigenvalue weighted by molar-refractivity contribution is 5.96. The van der Waals surface area contributed by atoms with E-state index in [0.717, 1.165) is 41.6 Å². The van der Waals surface area contributed by atoms with Gasteiger partial charge in [0.25, 0.3) is 0 Å². The van der Waals surface area contributed by atoms with Crippen molar-refractivity contribution in [2.45, 2.75) is 12.8 Å². The number of aromatic amines is 1. The van der Waals surface area contributed by atoms with Gasteiger partial charge in [-0.2, -0.15) is 0 Å². The Balaban J connectivity index is 1.85. The second-order valence-corrected chi connectivity index (χ2v) is 6.66. The molecule has 3 aromatic rings. The van der Waals surface area contributed by atoms with Gasteiger partial charge in [-0.15, -0.1) is 13.2 Å². The fraction of sp³-hybridized carbons (Fsp3) is 0.250. The molecule has 1 aromatic heterocycles. The first-order chi connectivity index (χ1) is 13.2. The van der Waals surface area contributed by atoms with E-state index in [2.05, 4.69) is 9.72 Å². The number of H-pyrrole nitrogens is 1. The molecule has 2 aromatic carbocycles. The summed E-state index contributed by atoms with van der Waals surface area (Å²) in [5.41, 5.74) is 1.80. The molecule has 0 radical (unpaired) electrons. The second-order valence-electron chi connectivity index (χ2n) is 6.66. The number of benzene rings is 2.